The number of sulfone groups is 1. The molecule has 1 amide bonds. The molecule has 1 N–H and O–H groups in total. The molecular formula is C21H28N4O3S3. The highest BCUT2D eigenvalue weighted by Gasteiger charge is 2.29. The lowest BCUT2D eigenvalue weighted by atomic mass is 9.87. The van der Waals surface area contributed by atoms with Crippen molar-refractivity contribution in [1.82, 2.24) is 20.1 Å². The number of allylic oxidation sites excluding steroid dienone is 1. The predicted molar refractivity (Wildman–Crippen MR) is 125 cm³/mol. The third kappa shape index (κ3) is 5.23. The standard InChI is InChI=1S/C21H28N4O3S3/c1-3-8-25-20(18-11-15-10-14(4-2)5-6-17(15)30-18)23-24-21(25)29-12-19(26)22-16-7-9-31(27,28)13-16/h3,11,14,16H,1,4-10,12-13H2,2H3,(H,22,26)/t14-,16-/m1/s1. The normalized spacial score (nSPS) is 22.2. The molecule has 1 fully saturated rings. The Morgan fingerprint density at radius 1 is 1.42 bits per heavy atom. The second-order valence-corrected chi connectivity index (χ2v) is 12.5. The highest BCUT2D eigenvalue weighted by atomic mass is 32.2. The second-order valence-electron chi connectivity index (χ2n) is 8.24. The zero-order valence-electron chi connectivity index (χ0n) is 17.7. The van der Waals surface area contributed by atoms with Crippen LogP contribution in [0.4, 0.5) is 0 Å². The first-order chi connectivity index (χ1) is 14.9. The minimum Gasteiger partial charge on any atom is -0.352 e. The Morgan fingerprint density at radius 2 is 2.26 bits per heavy atom. The molecule has 0 aromatic carbocycles. The largest absolute Gasteiger partial charge is 0.352 e. The van der Waals surface area contributed by atoms with Gasteiger partial charge in [0.15, 0.2) is 20.8 Å². The van der Waals surface area contributed by atoms with E-state index in [1.165, 1.54) is 35.0 Å². The minimum absolute atomic E-state index is 0.0299. The number of aromatic nitrogens is 3. The van der Waals surface area contributed by atoms with Crippen LogP contribution in [0.25, 0.3) is 10.7 Å². The fraction of sp³-hybridized carbons (Fsp3) is 0.571. The van der Waals surface area contributed by atoms with Crippen LogP contribution >= 0.6 is 23.1 Å². The topological polar surface area (TPSA) is 94.0 Å². The lowest BCUT2D eigenvalue weighted by Gasteiger charge is -2.19. The number of thioether (sulfide) groups is 1. The Balaban J connectivity index is 1.45. The van der Waals surface area contributed by atoms with Crippen molar-refractivity contribution in [3.05, 3.63) is 29.2 Å². The van der Waals surface area contributed by atoms with Crippen molar-refractivity contribution in [2.45, 2.75) is 56.8 Å². The second kappa shape index (κ2) is 9.46. The third-order valence-electron chi connectivity index (χ3n) is 5.94. The van der Waals surface area contributed by atoms with Crippen LogP contribution in [0.15, 0.2) is 23.9 Å². The summed E-state index contributed by atoms with van der Waals surface area (Å²) in [7, 11) is -3.01. The monoisotopic (exact) mass is 480 g/mol. The van der Waals surface area contributed by atoms with Gasteiger partial charge in [-0.05, 0) is 43.2 Å². The summed E-state index contributed by atoms with van der Waals surface area (Å²) in [6.45, 7) is 6.68. The van der Waals surface area contributed by atoms with Crippen molar-refractivity contribution in [2.24, 2.45) is 5.92 Å². The molecule has 3 heterocycles. The first kappa shape index (κ1) is 22.5. The van der Waals surface area contributed by atoms with Gasteiger partial charge in [-0.25, -0.2) is 8.42 Å². The number of rotatable bonds is 8. The highest BCUT2D eigenvalue weighted by molar-refractivity contribution is 7.99. The number of nitrogens with zero attached hydrogens (tertiary/aromatic N) is 3. The van der Waals surface area contributed by atoms with Gasteiger partial charge in [-0.1, -0.05) is 31.2 Å². The van der Waals surface area contributed by atoms with Crippen LogP contribution in [-0.4, -0.2) is 52.4 Å². The fourth-order valence-corrected chi connectivity index (χ4v) is 7.87. The van der Waals surface area contributed by atoms with Gasteiger partial charge < -0.3 is 5.32 Å². The molecule has 168 valence electrons. The summed E-state index contributed by atoms with van der Waals surface area (Å²) in [6.07, 6.45) is 7.02. The van der Waals surface area contributed by atoms with E-state index in [2.05, 4.69) is 35.1 Å². The van der Waals surface area contributed by atoms with E-state index in [1.807, 2.05) is 4.57 Å². The lowest BCUT2D eigenvalue weighted by Crippen LogP contribution is -2.36. The van der Waals surface area contributed by atoms with Crippen LogP contribution in [-0.2, 0) is 34.0 Å². The van der Waals surface area contributed by atoms with Crippen molar-refractivity contribution in [2.75, 3.05) is 17.3 Å². The lowest BCUT2D eigenvalue weighted by molar-refractivity contribution is -0.119. The SMILES string of the molecule is C=CCn1c(SCC(=O)N[C@@H]2CCS(=O)(=O)C2)nnc1-c1cc2c(s1)CC[C@@H](CC)C2. The molecule has 2 aromatic rings. The van der Waals surface area contributed by atoms with Crippen LogP contribution in [0.1, 0.15) is 36.6 Å². The number of nitrogens with one attached hydrogen (secondary N) is 1. The molecule has 0 radical (unpaired) electrons. The molecule has 2 aromatic heterocycles. The number of aryl methyl sites for hydroxylation is 1. The van der Waals surface area contributed by atoms with E-state index in [-0.39, 0.29) is 29.2 Å². The summed E-state index contributed by atoms with van der Waals surface area (Å²) in [6, 6.07) is 1.97. The molecule has 4 rings (SSSR count). The zero-order valence-corrected chi connectivity index (χ0v) is 20.1. The number of carbonyl (C=O) groups is 1. The van der Waals surface area contributed by atoms with Crippen LogP contribution in [0, 0.1) is 5.92 Å². The Hall–Kier alpha value is -1.65. The first-order valence-corrected chi connectivity index (χ1v) is 14.3. The Morgan fingerprint density at radius 3 is 2.97 bits per heavy atom. The van der Waals surface area contributed by atoms with E-state index >= 15 is 0 Å². The van der Waals surface area contributed by atoms with Crippen molar-refractivity contribution < 1.29 is 13.2 Å². The number of fused-ring (bicyclic) bond motifs is 1. The molecule has 0 spiro atoms. The molecule has 1 aliphatic heterocycles. The summed E-state index contributed by atoms with van der Waals surface area (Å²) >= 11 is 3.11. The molecular weight excluding hydrogens is 452 g/mol. The summed E-state index contributed by atoms with van der Waals surface area (Å²) in [5.74, 6) is 1.75. The predicted octanol–water partition coefficient (Wildman–Crippen LogP) is 3.10. The van der Waals surface area contributed by atoms with Gasteiger partial charge in [-0.15, -0.1) is 28.1 Å². The van der Waals surface area contributed by atoms with Gasteiger partial charge in [0.1, 0.15) is 0 Å². The quantitative estimate of drug-likeness (QED) is 0.461. The molecule has 2 aliphatic rings. The maximum Gasteiger partial charge on any atom is 0.230 e. The molecule has 2 atom stereocenters. The molecule has 0 saturated carbocycles. The molecule has 10 heteroatoms. The van der Waals surface area contributed by atoms with Crippen molar-refractivity contribution in [3.8, 4) is 10.7 Å². The molecule has 7 nitrogen and oxygen atoms in total. The molecule has 1 aliphatic carbocycles. The van der Waals surface area contributed by atoms with E-state index < -0.39 is 9.84 Å². The summed E-state index contributed by atoms with van der Waals surface area (Å²) in [4.78, 5) is 14.9. The molecule has 0 unspecified atom stereocenters. The van der Waals surface area contributed by atoms with E-state index in [1.54, 1.807) is 17.4 Å². The van der Waals surface area contributed by atoms with Gasteiger partial charge in [0.25, 0.3) is 0 Å². The van der Waals surface area contributed by atoms with Crippen LogP contribution in [0.2, 0.25) is 0 Å². The van der Waals surface area contributed by atoms with E-state index in [9.17, 15) is 13.2 Å². The van der Waals surface area contributed by atoms with Gasteiger partial charge >= 0.3 is 0 Å². The average molecular weight is 481 g/mol. The maximum absolute atomic E-state index is 12.3. The number of carbonyl (C=O) groups excluding carboxylic acids is 1. The van der Waals surface area contributed by atoms with Crippen molar-refractivity contribution in [1.29, 1.82) is 0 Å². The number of hydrogen-bond donors (Lipinski definition) is 1. The highest BCUT2D eigenvalue weighted by Crippen LogP contribution is 2.38. The van der Waals surface area contributed by atoms with Gasteiger partial charge in [0, 0.05) is 17.5 Å². The molecule has 31 heavy (non-hydrogen) atoms. The fourth-order valence-electron chi connectivity index (χ4n) is 4.24. The average Bonchev–Trinajstić information content (AvgIpc) is 3.42. The van der Waals surface area contributed by atoms with E-state index in [0.717, 1.165) is 29.5 Å². The van der Waals surface area contributed by atoms with Gasteiger partial charge in [0.2, 0.25) is 5.91 Å². The number of amides is 1. The zero-order chi connectivity index (χ0) is 22.0. The van der Waals surface area contributed by atoms with Gasteiger partial charge in [-0.3, -0.25) is 9.36 Å². The van der Waals surface area contributed by atoms with Crippen LogP contribution in [0.3, 0.4) is 0 Å². The maximum atomic E-state index is 12.3. The smallest absolute Gasteiger partial charge is 0.230 e. The third-order valence-corrected chi connectivity index (χ3v) is 9.91. The Labute approximate surface area is 191 Å². The summed E-state index contributed by atoms with van der Waals surface area (Å²) < 4.78 is 25.2. The van der Waals surface area contributed by atoms with E-state index in [4.69, 9.17) is 0 Å². The van der Waals surface area contributed by atoms with Gasteiger partial charge in [0.05, 0.1) is 22.1 Å². The molecule has 0 bridgehead atoms. The first-order valence-electron chi connectivity index (χ1n) is 10.7. The Kier molecular flexibility index (Phi) is 6.88. The van der Waals surface area contributed by atoms with Crippen molar-refractivity contribution in [3.63, 3.8) is 0 Å². The number of thiophene rings is 1. The van der Waals surface area contributed by atoms with Crippen LogP contribution < -0.4 is 5.32 Å². The van der Waals surface area contributed by atoms with E-state index in [0.29, 0.717) is 18.1 Å². The minimum atomic E-state index is -3.01. The van der Waals surface area contributed by atoms with Crippen LogP contribution in [0.5, 0.6) is 0 Å². The number of hydrogen-bond acceptors (Lipinski definition) is 7. The Bertz CT molecular complexity index is 1070. The van der Waals surface area contributed by atoms with Gasteiger partial charge in [-0.2, -0.15) is 0 Å². The summed E-state index contributed by atoms with van der Waals surface area (Å²) in [5.41, 5.74) is 1.44. The molecule has 1 saturated heterocycles. The summed E-state index contributed by atoms with van der Waals surface area (Å²) in [5, 5.41) is 12.3. The van der Waals surface area contributed by atoms with Crippen molar-refractivity contribution >= 4 is 38.8 Å².